The van der Waals surface area contributed by atoms with Crippen LogP contribution in [-0.2, 0) is 4.74 Å². The summed E-state index contributed by atoms with van der Waals surface area (Å²) in [5.74, 6) is 0.180. The van der Waals surface area contributed by atoms with Crippen molar-refractivity contribution in [2.75, 3.05) is 18.5 Å². The molecule has 0 saturated carbocycles. The highest BCUT2D eigenvalue weighted by molar-refractivity contribution is 6.21. The zero-order chi connectivity index (χ0) is 22.8. The molecule has 1 fully saturated rings. The lowest BCUT2D eigenvalue weighted by atomic mass is 10.1. The molecule has 3 amide bonds. The second kappa shape index (κ2) is 8.88. The second-order valence-corrected chi connectivity index (χ2v) is 8.01. The molecule has 0 aliphatic carbocycles. The summed E-state index contributed by atoms with van der Waals surface area (Å²) in [6.45, 7) is 0.944. The van der Waals surface area contributed by atoms with Crippen molar-refractivity contribution in [3.8, 4) is 11.5 Å². The zero-order valence-electron chi connectivity index (χ0n) is 17.8. The van der Waals surface area contributed by atoms with Crippen LogP contribution in [0.4, 0.5) is 5.69 Å². The van der Waals surface area contributed by atoms with Gasteiger partial charge in [0.2, 0.25) is 0 Å². The molecule has 3 aromatic rings. The Morgan fingerprint density at radius 3 is 2.39 bits per heavy atom. The summed E-state index contributed by atoms with van der Waals surface area (Å²) in [7, 11) is 0. The first-order chi connectivity index (χ1) is 16.1. The fraction of sp³-hybridized carbons (Fsp3) is 0.192. The summed E-state index contributed by atoms with van der Waals surface area (Å²) in [6.07, 6.45) is 1.70. The minimum absolute atomic E-state index is 0.0937. The normalized spacial score (nSPS) is 17.2. The molecule has 5 rings (SSSR count). The van der Waals surface area contributed by atoms with E-state index in [-0.39, 0.29) is 30.4 Å². The first-order valence-corrected chi connectivity index (χ1v) is 10.8. The van der Waals surface area contributed by atoms with E-state index in [0.29, 0.717) is 40.5 Å². The smallest absolute Gasteiger partial charge is 0.261 e. The van der Waals surface area contributed by atoms with Crippen molar-refractivity contribution in [1.82, 2.24) is 4.90 Å². The maximum Gasteiger partial charge on any atom is 0.261 e. The maximum absolute atomic E-state index is 12.8. The van der Waals surface area contributed by atoms with Gasteiger partial charge in [-0.25, -0.2) is 0 Å². The van der Waals surface area contributed by atoms with Crippen LogP contribution in [0.3, 0.4) is 0 Å². The Morgan fingerprint density at radius 1 is 0.939 bits per heavy atom. The summed E-state index contributed by atoms with van der Waals surface area (Å²) in [4.78, 5) is 39.0. The number of rotatable bonds is 6. The number of anilines is 1. The molecular formula is C26H22N2O5. The van der Waals surface area contributed by atoms with Crippen LogP contribution in [0.5, 0.6) is 11.5 Å². The van der Waals surface area contributed by atoms with E-state index in [0.717, 1.165) is 12.8 Å². The minimum atomic E-state index is -0.324. The van der Waals surface area contributed by atoms with Crippen LogP contribution in [0.15, 0.2) is 72.8 Å². The molecule has 1 atom stereocenters. The number of hydrogen-bond donors (Lipinski definition) is 1. The number of benzene rings is 3. The van der Waals surface area contributed by atoms with Crippen LogP contribution >= 0.6 is 0 Å². The van der Waals surface area contributed by atoms with Crippen molar-refractivity contribution in [2.24, 2.45) is 0 Å². The molecule has 1 unspecified atom stereocenters. The highest BCUT2D eigenvalue weighted by Crippen LogP contribution is 2.31. The van der Waals surface area contributed by atoms with Gasteiger partial charge in [-0.1, -0.05) is 18.2 Å². The van der Waals surface area contributed by atoms with Crippen LogP contribution < -0.4 is 10.1 Å². The number of carbonyl (C=O) groups excluding carboxylic acids is 3. The van der Waals surface area contributed by atoms with E-state index >= 15 is 0 Å². The predicted octanol–water partition coefficient (Wildman–Crippen LogP) is 4.51. The molecule has 33 heavy (non-hydrogen) atoms. The Morgan fingerprint density at radius 2 is 1.67 bits per heavy atom. The number of imide groups is 1. The monoisotopic (exact) mass is 442 g/mol. The molecule has 7 nitrogen and oxygen atoms in total. The van der Waals surface area contributed by atoms with Crippen molar-refractivity contribution in [1.29, 1.82) is 0 Å². The van der Waals surface area contributed by atoms with Gasteiger partial charge in [0.05, 0.1) is 23.8 Å². The molecule has 1 N–H and O–H groups in total. The first-order valence-electron chi connectivity index (χ1n) is 10.8. The molecule has 0 spiro atoms. The summed E-state index contributed by atoms with van der Waals surface area (Å²) < 4.78 is 11.5. The van der Waals surface area contributed by atoms with Crippen LogP contribution in [0.1, 0.15) is 43.9 Å². The average molecular weight is 442 g/mol. The van der Waals surface area contributed by atoms with Gasteiger partial charge in [0.1, 0.15) is 11.5 Å². The predicted molar refractivity (Wildman–Crippen MR) is 122 cm³/mol. The average Bonchev–Trinajstić information content (AvgIpc) is 3.44. The van der Waals surface area contributed by atoms with Gasteiger partial charge in [-0.2, -0.15) is 0 Å². The van der Waals surface area contributed by atoms with Crippen LogP contribution in [0.25, 0.3) is 0 Å². The fourth-order valence-corrected chi connectivity index (χ4v) is 4.03. The van der Waals surface area contributed by atoms with E-state index in [1.807, 2.05) is 18.2 Å². The van der Waals surface area contributed by atoms with Crippen molar-refractivity contribution in [2.45, 2.75) is 18.9 Å². The van der Waals surface area contributed by atoms with E-state index in [4.69, 9.17) is 9.47 Å². The van der Waals surface area contributed by atoms with E-state index < -0.39 is 0 Å². The Labute approximate surface area is 190 Å². The van der Waals surface area contributed by atoms with Gasteiger partial charge in [-0.05, 0) is 67.4 Å². The third-order valence-electron chi connectivity index (χ3n) is 5.74. The Kier molecular flexibility index (Phi) is 5.62. The van der Waals surface area contributed by atoms with Crippen molar-refractivity contribution < 1.29 is 23.9 Å². The molecular weight excluding hydrogens is 420 g/mol. The fourth-order valence-electron chi connectivity index (χ4n) is 4.03. The van der Waals surface area contributed by atoms with Gasteiger partial charge >= 0.3 is 0 Å². The number of carbonyl (C=O) groups is 3. The standard InChI is InChI=1S/C26H22N2O5/c29-24(17-5-2-1-3-6-17)27-18-8-10-19(11-9-18)33-20-12-13-22-23(15-20)26(31)28(25(22)30)16-21-7-4-14-32-21/h1-3,5-6,8-13,15,21H,4,7,14,16H2,(H,27,29). The third-order valence-corrected chi connectivity index (χ3v) is 5.74. The molecule has 7 heteroatoms. The van der Waals surface area contributed by atoms with Crippen molar-refractivity contribution in [3.63, 3.8) is 0 Å². The van der Waals surface area contributed by atoms with Crippen LogP contribution in [0, 0.1) is 0 Å². The third kappa shape index (κ3) is 4.36. The van der Waals surface area contributed by atoms with Crippen molar-refractivity contribution >= 4 is 23.4 Å². The van der Waals surface area contributed by atoms with E-state index in [2.05, 4.69) is 5.32 Å². The summed E-state index contributed by atoms with van der Waals surface area (Å²) >= 11 is 0. The highest BCUT2D eigenvalue weighted by atomic mass is 16.5. The lowest BCUT2D eigenvalue weighted by molar-refractivity contribution is 0.0475. The number of ether oxygens (including phenoxy) is 2. The molecule has 3 aromatic carbocycles. The number of nitrogens with one attached hydrogen (secondary N) is 1. The van der Waals surface area contributed by atoms with E-state index in [1.165, 1.54) is 4.90 Å². The molecule has 166 valence electrons. The second-order valence-electron chi connectivity index (χ2n) is 8.01. The number of nitrogens with zero attached hydrogens (tertiary/aromatic N) is 1. The minimum Gasteiger partial charge on any atom is -0.457 e. The topological polar surface area (TPSA) is 84.9 Å². The molecule has 0 bridgehead atoms. The summed E-state index contributed by atoms with van der Waals surface area (Å²) in [6, 6.07) is 20.8. The van der Waals surface area contributed by atoms with Crippen LogP contribution in [-0.4, -0.2) is 41.9 Å². The van der Waals surface area contributed by atoms with Gasteiger partial charge < -0.3 is 14.8 Å². The van der Waals surface area contributed by atoms with Gasteiger partial charge in [0.25, 0.3) is 17.7 Å². The maximum atomic E-state index is 12.8. The lowest BCUT2D eigenvalue weighted by Crippen LogP contribution is -2.36. The molecule has 2 aliphatic heterocycles. The highest BCUT2D eigenvalue weighted by Gasteiger charge is 2.37. The summed E-state index contributed by atoms with van der Waals surface area (Å²) in [5.41, 5.74) is 1.92. The van der Waals surface area contributed by atoms with Gasteiger partial charge in [0.15, 0.2) is 0 Å². The summed E-state index contributed by atoms with van der Waals surface area (Å²) in [5, 5.41) is 2.84. The molecule has 2 aliphatic rings. The molecule has 1 saturated heterocycles. The number of amides is 3. The van der Waals surface area contributed by atoms with Gasteiger partial charge in [-0.15, -0.1) is 0 Å². The van der Waals surface area contributed by atoms with Crippen LogP contribution in [0.2, 0.25) is 0 Å². The SMILES string of the molecule is O=C(Nc1ccc(Oc2ccc3c(c2)C(=O)N(CC2CCCO2)C3=O)cc1)c1ccccc1. The Balaban J connectivity index is 1.25. The molecule has 2 heterocycles. The number of fused-ring (bicyclic) bond motifs is 1. The Bertz CT molecular complexity index is 1200. The molecule has 0 aromatic heterocycles. The van der Waals surface area contributed by atoms with Gasteiger partial charge in [0, 0.05) is 17.9 Å². The number of hydrogen-bond acceptors (Lipinski definition) is 5. The quantitative estimate of drug-likeness (QED) is 0.568. The Hall–Kier alpha value is -3.97. The van der Waals surface area contributed by atoms with E-state index in [1.54, 1.807) is 54.6 Å². The first kappa shape index (κ1) is 20.9. The lowest BCUT2D eigenvalue weighted by Gasteiger charge is -2.17. The molecule has 0 radical (unpaired) electrons. The van der Waals surface area contributed by atoms with Crippen molar-refractivity contribution in [3.05, 3.63) is 89.5 Å². The van der Waals surface area contributed by atoms with E-state index in [9.17, 15) is 14.4 Å². The zero-order valence-corrected chi connectivity index (χ0v) is 17.8. The largest absolute Gasteiger partial charge is 0.457 e. The van der Waals surface area contributed by atoms with Gasteiger partial charge in [-0.3, -0.25) is 19.3 Å².